The van der Waals surface area contributed by atoms with Crippen molar-refractivity contribution in [3.8, 4) is 5.75 Å². The fraction of sp³-hybridized carbons (Fsp3) is 0.591. The molecule has 0 saturated carbocycles. The molecule has 1 rings (SSSR count). The van der Waals surface area contributed by atoms with E-state index in [2.05, 4.69) is 0 Å². The Bertz CT molecular complexity index is 626. The van der Waals surface area contributed by atoms with Crippen LogP contribution < -0.4 is 9.22 Å². The molecule has 0 heterocycles. The first-order chi connectivity index (χ1) is 12.1. The van der Waals surface area contributed by atoms with Gasteiger partial charge in [-0.15, -0.1) is 0 Å². The summed E-state index contributed by atoms with van der Waals surface area (Å²) in [6, 6.07) is 7.06. The molecule has 5 heteroatoms. The molecule has 150 valence electrons. The van der Waals surface area contributed by atoms with Crippen molar-refractivity contribution in [3.05, 3.63) is 38.4 Å². The number of carbonyl (C=O) groups excluding carboxylic acids is 1. The van der Waals surface area contributed by atoms with Gasteiger partial charge in [0, 0.05) is 12.1 Å². The van der Waals surface area contributed by atoms with E-state index in [1.165, 1.54) is 0 Å². The lowest BCUT2D eigenvalue weighted by molar-refractivity contribution is -0.918. The van der Waals surface area contributed by atoms with Gasteiger partial charge in [0.15, 0.2) is 0 Å². The standard InChI is InChI=1S/C22H36N2O3/c1-10-11-20(25)24(8,9)18-12-14-19(15-13-18)27-17-22(5,26)16-23(6,7)21(2,3)4/h6,8,12-15,26H,10-11,16-17H2,1-5,7,9H3/q+2. The second-order valence-corrected chi connectivity index (χ2v) is 9.10. The molecule has 3 atom stereocenters. The van der Waals surface area contributed by atoms with Crippen LogP contribution in [0.25, 0.3) is 0 Å². The van der Waals surface area contributed by atoms with E-state index < -0.39 is 5.60 Å². The van der Waals surface area contributed by atoms with Crippen molar-refractivity contribution in [1.82, 2.24) is 4.48 Å². The van der Waals surface area contributed by atoms with Gasteiger partial charge in [0.2, 0.25) is 14.1 Å². The fourth-order valence-electron chi connectivity index (χ4n) is 2.67. The fourth-order valence-corrected chi connectivity index (χ4v) is 2.67. The highest BCUT2D eigenvalue weighted by atomic mass is 16.5. The van der Waals surface area contributed by atoms with Gasteiger partial charge in [-0.05, 0) is 46.2 Å². The van der Waals surface area contributed by atoms with Crippen LogP contribution in [0.5, 0.6) is 5.75 Å². The van der Waals surface area contributed by atoms with Gasteiger partial charge in [0.25, 0.3) is 0 Å². The molecule has 0 aromatic heterocycles. The third-order valence-electron chi connectivity index (χ3n) is 5.11. The molecule has 1 amide bonds. The monoisotopic (exact) mass is 376 g/mol. The van der Waals surface area contributed by atoms with Crippen molar-refractivity contribution in [2.75, 3.05) is 27.2 Å². The highest BCUT2D eigenvalue weighted by Crippen LogP contribution is 2.27. The zero-order valence-corrected chi connectivity index (χ0v) is 18.0. The number of likely N-dealkylation sites (N-methyl/N-ethyl adjacent to an activating group) is 1. The highest BCUT2D eigenvalue weighted by molar-refractivity contribution is 5.88. The van der Waals surface area contributed by atoms with Crippen molar-refractivity contribution < 1.29 is 19.1 Å². The maximum absolute atomic E-state index is 12.2. The highest BCUT2D eigenvalue weighted by Gasteiger charge is 2.40. The molecule has 0 aliphatic heterocycles. The van der Waals surface area contributed by atoms with Crippen LogP contribution in [-0.4, -0.2) is 53.9 Å². The van der Waals surface area contributed by atoms with Crippen LogP contribution in [-0.2, 0) is 4.79 Å². The van der Waals surface area contributed by atoms with Crippen molar-refractivity contribution in [3.63, 3.8) is 0 Å². The summed E-state index contributed by atoms with van der Waals surface area (Å²) >= 11 is 0. The summed E-state index contributed by atoms with van der Waals surface area (Å²) in [6.45, 7) is 10.2. The zero-order valence-electron chi connectivity index (χ0n) is 18.0. The predicted molar refractivity (Wildman–Crippen MR) is 110 cm³/mol. The zero-order chi connectivity index (χ0) is 21.1. The third-order valence-corrected chi connectivity index (χ3v) is 5.11. The molecule has 0 aliphatic carbocycles. The Labute approximate surface area is 165 Å². The van der Waals surface area contributed by atoms with Crippen LogP contribution in [0.1, 0.15) is 47.5 Å². The average molecular weight is 377 g/mol. The number of hydrogen-bond donors (Lipinski definition) is 1. The molecule has 5 nitrogen and oxygen atoms in total. The summed E-state index contributed by atoms with van der Waals surface area (Å²) in [5, 5.41) is 10.7. The quantitative estimate of drug-likeness (QED) is 0.704. The summed E-state index contributed by atoms with van der Waals surface area (Å²) in [7, 11) is 16.1. The molecular formula is C22H36N2O3+2. The molecule has 0 spiro atoms. The number of benzene rings is 1. The number of aliphatic hydroxyl groups is 1. The van der Waals surface area contributed by atoms with Gasteiger partial charge in [-0.1, -0.05) is 6.92 Å². The second kappa shape index (κ2) is 8.29. The van der Waals surface area contributed by atoms with Crippen LogP contribution >= 0.6 is 0 Å². The molecule has 4 radical (unpaired) electrons. The van der Waals surface area contributed by atoms with Crippen molar-refractivity contribution >= 4 is 11.6 Å². The first-order valence-electron chi connectivity index (χ1n) is 9.41. The number of amides is 1. The Balaban J connectivity index is 2.77. The van der Waals surface area contributed by atoms with E-state index in [0.29, 0.717) is 24.4 Å². The molecule has 3 unspecified atom stereocenters. The predicted octanol–water partition coefficient (Wildman–Crippen LogP) is 3.66. The molecule has 0 aliphatic rings. The third kappa shape index (κ3) is 6.30. The minimum atomic E-state index is -1.09. The Morgan fingerprint density at radius 3 is 2.07 bits per heavy atom. The number of ether oxygens (including phenoxy) is 1. The summed E-state index contributed by atoms with van der Waals surface area (Å²) in [5.74, 6) is 0.556. The molecule has 1 aromatic carbocycles. The van der Waals surface area contributed by atoms with Gasteiger partial charge in [-0.25, -0.2) is 9.28 Å². The van der Waals surface area contributed by atoms with E-state index in [0.717, 1.165) is 6.42 Å². The molecule has 0 saturated heterocycles. The van der Waals surface area contributed by atoms with Gasteiger partial charge >= 0.3 is 5.91 Å². The van der Waals surface area contributed by atoms with E-state index >= 15 is 0 Å². The number of nitrogens with zero attached hydrogens (tertiary/aromatic N) is 2. The van der Waals surface area contributed by atoms with Gasteiger partial charge in [-0.2, -0.15) is 0 Å². The van der Waals surface area contributed by atoms with Crippen molar-refractivity contribution in [2.24, 2.45) is 0 Å². The summed E-state index contributed by atoms with van der Waals surface area (Å²) in [6.07, 6.45) is 1.19. The summed E-state index contributed by atoms with van der Waals surface area (Å²) in [5.41, 5.74) is -0.614. The van der Waals surface area contributed by atoms with Crippen LogP contribution in [0.15, 0.2) is 24.3 Å². The van der Waals surface area contributed by atoms with Gasteiger partial charge in [-0.3, -0.25) is 0 Å². The van der Waals surface area contributed by atoms with Crippen LogP contribution in [0, 0.1) is 14.1 Å². The lowest BCUT2D eigenvalue weighted by Gasteiger charge is -2.44. The van der Waals surface area contributed by atoms with Gasteiger partial charge in [0.05, 0.1) is 26.1 Å². The van der Waals surface area contributed by atoms with Crippen molar-refractivity contribution in [2.45, 2.75) is 58.6 Å². The van der Waals surface area contributed by atoms with E-state index in [4.69, 9.17) is 18.8 Å². The summed E-state index contributed by atoms with van der Waals surface area (Å²) < 4.78 is 5.64. The first kappa shape index (κ1) is 23.6. The SMILES string of the molecule is [CH][N+](C)(C(=O)CCC)c1ccc(OCC(C)(O)C[N+]([CH])(C)C(C)(C)C)cc1. The maximum atomic E-state index is 12.2. The summed E-state index contributed by atoms with van der Waals surface area (Å²) in [4.78, 5) is 12.2. The van der Waals surface area contributed by atoms with E-state index in [1.807, 2.05) is 34.7 Å². The Kier molecular flexibility index (Phi) is 7.25. The van der Waals surface area contributed by atoms with Crippen LogP contribution in [0.4, 0.5) is 5.69 Å². The number of rotatable bonds is 8. The minimum Gasteiger partial charge on any atom is -0.490 e. The average Bonchev–Trinajstić information content (AvgIpc) is 2.51. The Hall–Kier alpha value is -1.43. The van der Waals surface area contributed by atoms with E-state index in [-0.39, 0.29) is 27.0 Å². The van der Waals surface area contributed by atoms with Gasteiger partial charge in [0.1, 0.15) is 30.2 Å². The first-order valence-corrected chi connectivity index (χ1v) is 9.41. The topological polar surface area (TPSA) is 46.5 Å². The molecule has 1 aromatic rings. The second-order valence-electron chi connectivity index (χ2n) is 9.10. The number of hydrogen-bond acceptors (Lipinski definition) is 3. The molecule has 0 fully saturated rings. The molecule has 27 heavy (non-hydrogen) atoms. The minimum absolute atomic E-state index is 0.0451. The van der Waals surface area contributed by atoms with Crippen LogP contribution in [0.3, 0.4) is 0 Å². The molecular weight excluding hydrogens is 340 g/mol. The van der Waals surface area contributed by atoms with Gasteiger partial charge < -0.3 is 14.3 Å². The smallest absolute Gasteiger partial charge is 0.319 e. The lowest BCUT2D eigenvalue weighted by Crippen LogP contribution is -2.60. The van der Waals surface area contributed by atoms with Crippen molar-refractivity contribution in [1.29, 1.82) is 0 Å². The van der Waals surface area contributed by atoms with Crippen LogP contribution in [0.2, 0.25) is 0 Å². The normalized spacial score (nSPS) is 15.3. The molecule has 0 bridgehead atoms. The largest absolute Gasteiger partial charge is 0.490 e. The lowest BCUT2D eigenvalue weighted by atomic mass is 9.98. The van der Waals surface area contributed by atoms with E-state index in [9.17, 15) is 9.90 Å². The Morgan fingerprint density at radius 2 is 1.63 bits per heavy atom. The number of quaternary nitrogens is 2. The number of carbonyl (C=O) groups is 1. The maximum Gasteiger partial charge on any atom is 0.319 e. The Morgan fingerprint density at radius 1 is 1.11 bits per heavy atom. The molecule has 1 N–H and O–H groups in total. The van der Waals surface area contributed by atoms with E-state index in [1.54, 1.807) is 38.2 Å².